The van der Waals surface area contributed by atoms with Crippen LogP contribution in [0, 0.1) is 0 Å². The summed E-state index contributed by atoms with van der Waals surface area (Å²) in [4.78, 5) is 0. The second-order valence-electron chi connectivity index (χ2n) is 6.24. The number of hydrogen-bond acceptors (Lipinski definition) is 0. The third-order valence-electron chi connectivity index (χ3n) is 4.11. The van der Waals surface area contributed by atoms with E-state index in [0.717, 1.165) is 0 Å². The molecule has 86 valence electrons. The van der Waals surface area contributed by atoms with E-state index in [2.05, 4.69) is 45.0 Å². The highest BCUT2D eigenvalue weighted by atomic mass is 31.1. The molecule has 0 unspecified atom stereocenters. The average molecular weight is 240 g/mol. The highest BCUT2D eigenvalue weighted by Crippen LogP contribution is 2.56. The standard InChI is InChI=1S/C16H17P/c1-16(2,3)17-12-8-6-10-4-5-11-7-9-13(17)15(12)14(10)11/h6-9H,4-5H2,1-3H3. The summed E-state index contributed by atoms with van der Waals surface area (Å²) in [5.74, 6) is 0. The smallest absolute Gasteiger partial charge is 0.00173 e. The molecule has 4 rings (SSSR count). The SMILES string of the molecule is CC(C)(C)P1c2ccc3c4c(ccc1c24)CC3. The van der Waals surface area contributed by atoms with E-state index in [-0.39, 0.29) is 7.92 Å². The van der Waals surface area contributed by atoms with Crippen molar-refractivity contribution in [3.05, 3.63) is 35.4 Å². The van der Waals surface area contributed by atoms with E-state index >= 15 is 0 Å². The minimum Gasteiger partial charge on any atom is -0.0577 e. The lowest BCUT2D eigenvalue weighted by Crippen LogP contribution is -2.36. The molecule has 17 heavy (non-hydrogen) atoms. The molecule has 0 nitrogen and oxygen atoms in total. The molecule has 0 saturated heterocycles. The van der Waals surface area contributed by atoms with Crippen LogP contribution in [0.4, 0.5) is 0 Å². The molecule has 1 aliphatic heterocycles. The van der Waals surface area contributed by atoms with Crippen LogP contribution in [0.2, 0.25) is 0 Å². The number of aryl methyl sites for hydroxylation is 2. The zero-order valence-electron chi connectivity index (χ0n) is 10.7. The first kappa shape index (κ1) is 10.1. The van der Waals surface area contributed by atoms with Gasteiger partial charge in [-0.1, -0.05) is 45.0 Å². The molecule has 2 aliphatic rings. The van der Waals surface area contributed by atoms with E-state index in [1.165, 1.54) is 12.8 Å². The van der Waals surface area contributed by atoms with Gasteiger partial charge in [-0.15, -0.1) is 0 Å². The van der Waals surface area contributed by atoms with Crippen LogP contribution >= 0.6 is 7.92 Å². The molecule has 0 radical (unpaired) electrons. The largest absolute Gasteiger partial charge is 0.0577 e. The molecular formula is C16H17P. The Kier molecular flexibility index (Phi) is 1.74. The highest BCUT2D eigenvalue weighted by Gasteiger charge is 2.38. The summed E-state index contributed by atoms with van der Waals surface area (Å²) in [5, 5.41) is 6.96. The van der Waals surface area contributed by atoms with Crippen molar-refractivity contribution in [1.82, 2.24) is 0 Å². The first-order valence-corrected chi connectivity index (χ1v) is 7.79. The fourth-order valence-electron chi connectivity index (χ4n) is 3.47. The summed E-state index contributed by atoms with van der Waals surface area (Å²) in [6, 6.07) is 9.60. The summed E-state index contributed by atoms with van der Waals surface area (Å²) in [6.45, 7) is 7.15. The van der Waals surface area contributed by atoms with Crippen LogP contribution in [0.5, 0.6) is 0 Å². The fourth-order valence-corrected chi connectivity index (χ4v) is 6.36. The van der Waals surface area contributed by atoms with Crippen molar-refractivity contribution in [3.8, 4) is 0 Å². The Balaban J connectivity index is 2.07. The first-order chi connectivity index (χ1) is 8.07. The van der Waals surface area contributed by atoms with Gasteiger partial charge in [-0.3, -0.25) is 0 Å². The van der Waals surface area contributed by atoms with Crippen LogP contribution in [0.15, 0.2) is 24.3 Å². The maximum atomic E-state index is 2.41. The Labute approximate surface area is 104 Å². The van der Waals surface area contributed by atoms with E-state index in [9.17, 15) is 0 Å². The molecule has 0 atom stereocenters. The lowest BCUT2D eigenvalue weighted by atomic mass is 10.0. The molecular weight excluding hydrogens is 223 g/mol. The van der Waals surface area contributed by atoms with Crippen LogP contribution in [-0.2, 0) is 12.8 Å². The molecule has 0 spiro atoms. The maximum Gasteiger partial charge on any atom is -0.00173 e. The topological polar surface area (TPSA) is 0 Å². The van der Waals surface area contributed by atoms with Crippen LogP contribution < -0.4 is 10.6 Å². The Bertz CT molecular complexity index is 600. The Morgan fingerprint density at radius 1 is 0.824 bits per heavy atom. The van der Waals surface area contributed by atoms with E-state index < -0.39 is 0 Å². The zero-order valence-corrected chi connectivity index (χ0v) is 11.6. The lowest BCUT2D eigenvalue weighted by molar-refractivity contribution is 0.793. The van der Waals surface area contributed by atoms with Crippen molar-refractivity contribution in [2.24, 2.45) is 0 Å². The van der Waals surface area contributed by atoms with Gasteiger partial charge in [0.15, 0.2) is 0 Å². The number of rotatable bonds is 0. The third kappa shape index (κ3) is 1.13. The van der Waals surface area contributed by atoms with Crippen molar-refractivity contribution in [3.63, 3.8) is 0 Å². The minimum absolute atomic E-state index is 0.0703. The second-order valence-corrected chi connectivity index (χ2v) is 9.22. The average Bonchev–Trinajstić information content (AvgIpc) is 2.60. The van der Waals surface area contributed by atoms with Gasteiger partial charge in [0, 0.05) is 0 Å². The monoisotopic (exact) mass is 240 g/mol. The molecule has 1 heteroatoms. The van der Waals surface area contributed by atoms with Crippen LogP contribution in [0.3, 0.4) is 0 Å². The third-order valence-corrected chi connectivity index (χ3v) is 7.16. The van der Waals surface area contributed by atoms with Crippen molar-refractivity contribution >= 4 is 29.3 Å². The summed E-state index contributed by atoms with van der Waals surface area (Å²) in [5.41, 5.74) is 3.17. The van der Waals surface area contributed by atoms with E-state index in [1.807, 2.05) is 0 Å². The van der Waals surface area contributed by atoms with Gasteiger partial charge in [0.05, 0.1) is 0 Å². The van der Waals surface area contributed by atoms with Crippen molar-refractivity contribution in [1.29, 1.82) is 0 Å². The molecule has 0 bridgehead atoms. The van der Waals surface area contributed by atoms with E-state index in [1.54, 1.807) is 32.5 Å². The van der Waals surface area contributed by atoms with Gasteiger partial charge < -0.3 is 0 Å². The summed E-state index contributed by atoms with van der Waals surface area (Å²) >= 11 is 0. The fraction of sp³-hybridized carbons (Fsp3) is 0.375. The van der Waals surface area contributed by atoms with Gasteiger partial charge in [0.25, 0.3) is 0 Å². The molecule has 0 amide bonds. The number of hydrogen-bond donors (Lipinski definition) is 0. The zero-order chi connectivity index (χ0) is 11.8. The summed E-state index contributed by atoms with van der Waals surface area (Å²) in [7, 11) is -0.0703. The summed E-state index contributed by atoms with van der Waals surface area (Å²) < 4.78 is 0. The van der Waals surface area contributed by atoms with E-state index in [4.69, 9.17) is 0 Å². The van der Waals surface area contributed by atoms with Gasteiger partial charge in [0.1, 0.15) is 0 Å². The predicted molar refractivity (Wildman–Crippen MR) is 77.3 cm³/mol. The Morgan fingerprint density at radius 2 is 1.35 bits per heavy atom. The van der Waals surface area contributed by atoms with Gasteiger partial charge in [-0.2, -0.15) is 0 Å². The van der Waals surface area contributed by atoms with Crippen LogP contribution in [0.25, 0.3) is 10.8 Å². The molecule has 0 fully saturated rings. The first-order valence-electron chi connectivity index (χ1n) is 6.45. The molecule has 1 aliphatic carbocycles. The van der Waals surface area contributed by atoms with Crippen molar-refractivity contribution in [2.75, 3.05) is 0 Å². The van der Waals surface area contributed by atoms with Crippen molar-refractivity contribution < 1.29 is 0 Å². The number of benzene rings is 2. The highest BCUT2D eigenvalue weighted by molar-refractivity contribution is 7.78. The predicted octanol–water partition coefficient (Wildman–Crippen LogP) is 3.48. The maximum absolute atomic E-state index is 2.41. The summed E-state index contributed by atoms with van der Waals surface area (Å²) in [6.07, 6.45) is 2.51. The van der Waals surface area contributed by atoms with Crippen LogP contribution in [0.1, 0.15) is 31.9 Å². The van der Waals surface area contributed by atoms with Crippen molar-refractivity contribution in [2.45, 2.75) is 38.8 Å². The van der Waals surface area contributed by atoms with Gasteiger partial charge in [-0.05, 0) is 58.4 Å². The quantitative estimate of drug-likeness (QED) is 0.618. The molecule has 2 aromatic rings. The van der Waals surface area contributed by atoms with Gasteiger partial charge in [0.2, 0.25) is 0 Å². The minimum atomic E-state index is -0.0703. The second kappa shape index (κ2) is 2.93. The Morgan fingerprint density at radius 3 is 1.82 bits per heavy atom. The normalized spacial score (nSPS) is 17.6. The molecule has 1 heterocycles. The molecule has 0 saturated carbocycles. The van der Waals surface area contributed by atoms with Crippen LogP contribution in [-0.4, -0.2) is 5.16 Å². The van der Waals surface area contributed by atoms with Gasteiger partial charge >= 0.3 is 0 Å². The Hall–Kier alpha value is -0.870. The van der Waals surface area contributed by atoms with E-state index in [0.29, 0.717) is 5.16 Å². The molecule has 2 aromatic carbocycles. The lowest BCUT2D eigenvalue weighted by Gasteiger charge is -2.41. The van der Waals surface area contributed by atoms with Gasteiger partial charge in [-0.25, -0.2) is 0 Å². The molecule has 0 N–H and O–H groups in total. The molecule has 0 aromatic heterocycles.